The molecule has 0 aromatic heterocycles. The van der Waals surface area contributed by atoms with Crippen molar-refractivity contribution in [2.45, 2.75) is 49.6 Å². The van der Waals surface area contributed by atoms with Crippen LogP contribution in [0.5, 0.6) is 0 Å². The Morgan fingerprint density at radius 1 is 1.46 bits per heavy atom. The van der Waals surface area contributed by atoms with Crippen molar-refractivity contribution in [2.75, 3.05) is 0 Å². The SMILES string of the molecule is BrC12CCC(CC1)O2.CCC=CBr. The fourth-order valence-corrected chi connectivity index (χ4v) is 2.74. The van der Waals surface area contributed by atoms with Gasteiger partial charge in [0.1, 0.15) is 4.51 Å². The van der Waals surface area contributed by atoms with Crippen LogP contribution in [0.4, 0.5) is 0 Å². The third-order valence-electron chi connectivity index (χ3n) is 2.38. The molecule has 2 saturated heterocycles. The van der Waals surface area contributed by atoms with Gasteiger partial charge in [-0.05, 0) is 37.1 Å². The molecule has 0 spiro atoms. The van der Waals surface area contributed by atoms with Gasteiger partial charge in [-0.25, -0.2) is 0 Å². The Labute approximate surface area is 97.2 Å². The van der Waals surface area contributed by atoms with Crippen molar-refractivity contribution >= 4 is 31.9 Å². The minimum absolute atomic E-state index is 0.123. The zero-order chi connectivity index (χ0) is 9.73. The molecule has 3 heteroatoms. The molecule has 2 fully saturated rings. The maximum absolute atomic E-state index is 5.58. The average Bonchev–Trinajstić information content (AvgIpc) is 2.64. The van der Waals surface area contributed by atoms with Crippen LogP contribution in [0.25, 0.3) is 0 Å². The van der Waals surface area contributed by atoms with Crippen LogP contribution in [0.2, 0.25) is 0 Å². The van der Waals surface area contributed by atoms with Gasteiger partial charge in [-0.1, -0.05) is 44.9 Å². The molecule has 2 bridgehead atoms. The summed E-state index contributed by atoms with van der Waals surface area (Å²) in [5.41, 5.74) is 0. The highest BCUT2D eigenvalue weighted by Gasteiger charge is 2.43. The Balaban J connectivity index is 0.000000149. The zero-order valence-electron chi connectivity index (χ0n) is 7.93. The van der Waals surface area contributed by atoms with Gasteiger partial charge in [-0.15, -0.1) is 0 Å². The summed E-state index contributed by atoms with van der Waals surface area (Å²) >= 11 is 6.69. The van der Waals surface area contributed by atoms with Crippen molar-refractivity contribution in [1.82, 2.24) is 0 Å². The van der Waals surface area contributed by atoms with Gasteiger partial charge in [0, 0.05) is 0 Å². The van der Waals surface area contributed by atoms with E-state index >= 15 is 0 Å². The van der Waals surface area contributed by atoms with Crippen LogP contribution in [0.15, 0.2) is 11.1 Å². The Hall–Kier alpha value is 0.660. The molecule has 0 N–H and O–H groups in total. The summed E-state index contributed by atoms with van der Waals surface area (Å²) in [5.74, 6) is 0. The fraction of sp³-hybridized carbons (Fsp3) is 0.800. The molecule has 0 aromatic rings. The first kappa shape index (κ1) is 11.7. The van der Waals surface area contributed by atoms with Crippen molar-refractivity contribution in [3.8, 4) is 0 Å². The van der Waals surface area contributed by atoms with Crippen LogP contribution in [0.3, 0.4) is 0 Å². The second-order valence-corrected chi connectivity index (χ2v) is 5.44. The Morgan fingerprint density at radius 2 is 2.08 bits per heavy atom. The monoisotopic (exact) mass is 310 g/mol. The smallest absolute Gasteiger partial charge is 0.123 e. The third-order valence-corrected chi connectivity index (χ3v) is 3.74. The number of halogens is 2. The van der Waals surface area contributed by atoms with E-state index in [0.29, 0.717) is 6.10 Å². The molecule has 0 aromatic carbocycles. The van der Waals surface area contributed by atoms with E-state index in [-0.39, 0.29) is 4.51 Å². The molecule has 0 saturated carbocycles. The largest absolute Gasteiger partial charge is 0.361 e. The van der Waals surface area contributed by atoms with Gasteiger partial charge < -0.3 is 4.74 Å². The van der Waals surface area contributed by atoms with Gasteiger partial charge in [0.2, 0.25) is 0 Å². The summed E-state index contributed by atoms with van der Waals surface area (Å²) in [6, 6.07) is 0. The van der Waals surface area contributed by atoms with E-state index in [1.54, 1.807) is 0 Å². The molecule has 2 rings (SSSR count). The summed E-state index contributed by atoms with van der Waals surface area (Å²) in [6.07, 6.45) is 8.73. The van der Waals surface area contributed by atoms with Gasteiger partial charge >= 0.3 is 0 Å². The molecule has 76 valence electrons. The van der Waals surface area contributed by atoms with Crippen molar-refractivity contribution in [2.24, 2.45) is 0 Å². The van der Waals surface area contributed by atoms with Gasteiger partial charge in [0.15, 0.2) is 0 Å². The Morgan fingerprint density at radius 3 is 2.15 bits per heavy atom. The molecule has 2 aliphatic heterocycles. The van der Waals surface area contributed by atoms with Crippen molar-refractivity contribution < 1.29 is 4.74 Å². The van der Waals surface area contributed by atoms with E-state index in [2.05, 4.69) is 38.8 Å². The summed E-state index contributed by atoms with van der Waals surface area (Å²) in [7, 11) is 0. The van der Waals surface area contributed by atoms with Gasteiger partial charge in [0.25, 0.3) is 0 Å². The number of ether oxygens (including phenoxy) is 1. The minimum Gasteiger partial charge on any atom is -0.361 e. The number of allylic oxidation sites excluding steroid dienone is 1. The second kappa shape index (κ2) is 5.52. The molecular formula is C10H16Br2O. The third kappa shape index (κ3) is 3.72. The van der Waals surface area contributed by atoms with E-state index in [1.807, 2.05) is 11.1 Å². The second-order valence-electron chi connectivity index (χ2n) is 3.47. The van der Waals surface area contributed by atoms with Crippen LogP contribution in [0.1, 0.15) is 39.0 Å². The van der Waals surface area contributed by atoms with Crippen LogP contribution >= 0.6 is 31.9 Å². The first-order chi connectivity index (χ1) is 6.20. The first-order valence-electron chi connectivity index (χ1n) is 4.82. The highest BCUT2D eigenvalue weighted by molar-refractivity contribution is 9.11. The molecule has 0 aliphatic carbocycles. The zero-order valence-corrected chi connectivity index (χ0v) is 11.1. The van der Waals surface area contributed by atoms with E-state index in [4.69, 9.17) is 4.74 Å². The molecule has 2 heterocycles. The number of fused-ring (bicyclic) bond motifs is 2. The van der Waals surface area contributed by atoms with Crippen LogP contribution in [-0.4, -0.2) is 10.6 Å². The van der Waals surface area contributed by atoms with Crippen LogP contribution in [-0.2, 0) is 4.74 Å². The molecule has 0 amide bonds. The fourth-order valence-electron chi connectivity index (χ4n) is 1.65. The van der Waals surface area contributed by atoms with Gasteiger partial charge in [-0.3, -0.25) is 0 Å². The summed E-state index contributed by atoms with van der Waals surface area (Å²) in [5, 5.41) is 0. The highest BCUT2D eigenvalue weighted by atomic mass is 79.9. The lowest BCUT2D eigenvalue weighted by atomic mass is 10.0. The van der Waals surface area contributed by atoms with E-state index in [1.165, 1.54) is 25.7 Å². The molecule has 0 radical (unpaired) electrons. The van der Waals surface area contributed by atoms with Crippen molar-refractivity contribution in [3.63, 3.8) is 0 Å². The van der Waals surface area contributed by atoms with E-state index in [9.17, 15) is 0 Å². The van der Waals surface area contributed by atoms with Crippen LogP contribution < -0.4 is 0 Å². The van der Waals surface area contributed by atoms with Gasteiger partial charge in [0.05, 0.1) is 6.10 Å². The van der Waals surface area contributed by atoms with Gasteiger partial charge in [-0.2, -0.15) is 0 Å². The predicted octanol–water partition coefficient (Wildman–Crippen LogP) is 4.36. The molecular weight excluding hydrogens is 296 g/mol. The minimum atomic E-state index is 0.123. The maximum atomic E-state index is 5.58. The number of hydrogen-bond acceptors (Lipinski definition) is 1. The van der Waals surface area contributed by atoms with Crippen molar-refractivity contribution in [3.05, 3.63) is 11.1 Å². The van der Waals surface area contributed by atoms with Crippen LogP contribution in [0, 0.1) is 0 Å². The Bertz CT molecular complexity index is 172. The number of alkyl halides is 1. The topological polar surface area (TPSA) is 9.23 Å². The number of rotatable bonds is 1. The molecule has 13 heavy (non-hydrogen) atoms. The quantitative estimate of drug-likeness (QED) is 0.654. The standard InChI is InChI=1S/C6H9BrO.C4H7Br/c7-6-3-1-5(8-6)2-4-6;1-2-3-4-5/h5H,1-4H2;3-4H,2H2,1H3. The van der Waals surface area contributed by atoms with E-state index < -0.39 is 0 Å². The molecule has 1 nitrogen and oxygen atoms in total. The predicted molar refractivity (Wildman–Crippen MR) is 63.4 cm³/mol. The van der Waals surface area contributed by atoms with Crippen molar-refractivity contribution in [1.29, 1.82) is 0 Å². The lowest BCUT2D eigenvalue weighted by Gasteiger charge is -2.13. The molecule has 2 aliphatic rings. The Kier molecular flexibility index (Phi) is 4.98. The highest BCUT2D eigenvalue weighted by Crippen LogP contribution is 2.47. The maximum Gasteiger partial charge on any atom is 0.123 e. The summed E-state index contributed by atoms with van der Waals surface area (Å²) < 4.78 is 5.70. The lowest BCUT2D eigenvalue weighted by Crippen LogP contribution is -2.12. The number of hydrogen-bond donors (Lipinski definition) is 0. The molecule has 0 atom stereocenters. The molecule has 0 unspecified atom stereocenters. The summed E-state index contributed by atoms with van der Waals surface area (Å²) in [4.78, 5) is 1.87. The first-order valence-corrected chi connectivity index (χ1v) is 6.53. The van der Waals surface area contributed by atoms with E-state index in [0.717, 1.165) is 6.42 Å². The lowest BCUT2D eigenvalue weighted by molar-refractivity contribution is 0.0864. The normalized spacial score (nSPS) is 36.4. The summed E-state index contributed by atoms with van der Waals surface area (Å²) in [6.45, 7) is 2.10. The average molecular weight is 312 g/mol.